The van der Waals surface area contributed by atoms with Crippen LogP contribution >= 0.6 is 11.8 Å². The molecule has 1 aromatic carbocycles. The lowest BCUT2D eigenvalue weighted by Crippen LogP contribution is -2.26. The van der Waals surface area contributed by atoms with Crippen molar-refractivity contribution in [2.75, 3.05) is 25.4 Å². The highest BCUT2D eigenvalue weighted by Gasteiger charge is 2.24. The molecule has 1 aromatic heterocycles. The van der Waals surface area contributed by atoms with Gasteiger partial charge < -0.3 is 9.26 Å². The summed E-state index contributed by atoms with van der Waals surface area (Å²) in [4.78, 5) is 8.14. The Morgan fingerprint density at radius 3 is 2.91 bits per heavy atom. The number of hydrogen-bond acceptors (Lipinski definition) is 6. The topological polar surface area (TPSA) is 51.4 Å². The van der Waals surface area contributed by atoms with Crippen molar-refractivity contribution in [1.82, 2.24) is 15.0 Å². The second-order valence-electron chi connectivity index (χ2n) is 5.58. The van der Waals surface area contributed by atoms with Crippen molar-refractivity contribution in [2.24, 2.45) is 0 Å². The van der Waals surface area contributed by atoms with Gasteiger partial charge in [-0.2, -0.15) is 4.98 Å². The highest BCUT2D eigenvalue weighted by atomic mass is 32.2. The van der Waals surface area contributed by atoms with E-state index in [1.807, 2.05) is 17.8 Å². The van der Waals surface area contributed by atoms with Crippen LogP contribution in [0.15, 0.2) is 39.8 Å². The van der Waals surface area contributed by atoms with Gasteiger partial charge in [-0.1, -0.05) is 30.3 Å². The van der Waals surface area contributed by atoms with Gasteiger partial charge in [0.25, 0.3) is 5.89 Å². The Morgan fingerprint density at radius 2 is 2.17 bits per heavy atom. The van der Waals surface area contributed by atoms with Crippen LogP contribution in [0.25, 0.3) is 0 Å². The molecule has 6 heteroatoms. The largest absolute Gasteiger partial charge is 0.368 e. The molecule has 3 rings (SSSR count). The minimum absolute atomic E-state index is 0.0000345. The number of rotatable bonds is 8. The molecule has 0 spiro atoms. The molecular weight excluding hydrogens is 310 g/mol. The quantitative estimate of drug-likeness (QED) is 0.689. The first-order valence-electron chi connectivity index (χ1n) is 8.19. The SMILES string of the molecule is CCN(CCSc1ccccc1)Cc1noc([C@@H]2CCCO2)n1. The molecule has 0 unspecified atom stereocenters. The third-order valence-corrected chi connectivity index (χ3v) is 4.91. The van der Waals surface area contributed by atoms with Crippen molar-refractivity contribution in [2.45, 2.75) is 37.3 Å². The Hall–Kier alpha value is -1.37. The third kappa shape index (κ3) is 4.80. The van der Waals surface area contributed by atoms with E-state index in [1.165, 1.54) is 4.90 Å². The summed E-state index contributed by atoms with van der Waals surface area (Å²) in [5.41, 5.74) is 0. The van der Waals surface area contributed by atoms with E-state index in [2.05, 4.69) is 46.2 Å². The molecule has 2 heterocycles. The average molecular weight is 333 g/mol. The molecule has 0 radical (unpaired) electrons. The first-order valence-corrected chi connectivity index (χ1v) is 9.18. The third-order valence-electron chi connectivity index (χ3n) is 3.92. The molecular formula is C17H23N3O2S. The van der Waals surface area contributed by atoms with Crippen molar-refractivity contribution in [3.8, 4) is 0 Å². The highest BCUT2D eigenvalue weighted by molar-refractivity contribution is 7.99. The summed E-state index contributed by atoms with van der Waals surface area (Å²) in [6.07, 6.45) is 2.05. The van der Waals surface area contributed by atoms with Gasteiger partial charge in [0.2, 0.25) is 0 Å². The highest BCUT2D eigenvalue weighted by Crippen LogP contribution is 2.27. The summed E-state index contributed by atoms with van der Waals surface area (Å²) in [5, 5.41) is 4.10. The summed E-state index contributed by atoms with van der Waals surface area (Å²) in [6, 6.07) is 10.5. The molecule has 1 saturated heterocycles. The minimum atomic E-state index is -0.0000345. The molecule has 1 aliphatic rings. The van der Waals surface area contributed by atoms with Crippen LogP contribution in [0.4, 0.5) is 0 Å². The maximum absolute atomic E-state index is 5.58. The van der Waals surface area contributed by atoms with Crippen LogP contribution in [0, 0.1) is 0 Å². The van der Waals surface area contributed by atoms with Crippen molar-refractivity contribution < 1.29 is 9.26 Å². The van der Waals surface area contributed by atoms with Gasteiger partial charge in [-0.25, -0.2) is 0 Å². The molecule has 1 fully saturated rings. The Labute approximate surface area is 141 Å². The summed E-state index contributed by atoms with van der Waals surface area (Å²) < 4.78 is 10.9. The Morgan fingerprint density at radius 1 is 1.30 bits per heavy atom. The lowest BCUT2D eigenvalue weighted by molar-refractivity contribution is 0.0835. The van der Waals surface area contributed by atoms with E-state index in [1.54, 1.807) is 0 Å². The van der Waals surface area contributed by atoms with Gasteiger partial charge in [0.05, 0.1) is 6.54 Å². The van der Waals surface area contributed by atoms with Gasteiger partial charge in [0.1, 0.15) is 6.10 Å². The first kappa shape index (κ1) is 16.5. The number of nitrogens with zero attached hydrogens (tertiary/aromatic N) is 3. The molecule has 1 aliphatic heterocycles. The predicted molar refractivity (Wildman–Crippen MR) is 90.3 cm³/mol. The molecule has 0 saturated carbocycles. The van der Waals surface area contributed by atoms with Crippen molar-refractivity contribution in [1.29, 1.82) is 0 Å². The molecule has 0 aliphatic carbocycles. The van der Waals surface area contributed by atoms with Crippen molar-refractivity contribution in [3.63, 3.8) is 0 Å². The molecule has 1 atom stereocenters. The summed E-state index contributed by atoms with van der Waals surface area (Å²) >= 11 is 1.87. The van der Waals surface area contributed by atoms with Crippen LogP contribution in [0.3, 0.4) is 0 Å². The van der Waals surface area contributed by atoms with Crippen LogP contribution in [0.5, 0.6) is 0 Å². The average Bonchev–Trinajstić information content (AvgIpc) is 3.26. The van der Waals surface area contributed by atoms with E-state index in [0.29, 0.717) is 5.89 Å². The zero-order valence-electron chi connectivity index (χ0n) is 13.5. The molecule has 23 heavy (non-hydrogen) atoms. The predicted octanol–water partition coefficient (Wildman–Crippen LogP) is 3.54. The Balaban J connectivity index is 1.47. The summed E-state index contributed by atoms with van der Waals surface area (Å²) in [6.45, 7) is 5.65. The fourth-order valence-electron chi connectivity index (χ4n) is 2.59. The number of aromatic nitrogens is 2. The van der Waals surface area contributed by atoms with Crippen LogP contribution in [-0.4, -0.2) is 40.5 Å². The second kappa shape index (κ2) is 8.47. The zero-order chi connectivity index (χ0) is 15.9. The fourth-order valence-corrected chi connectivity index (χ4v) is 3.53. The van der Waals surface area contributed by atoms with E-state index in [-0.39, 0.29) is 6.10 Å². The molecule has 5 nitrogen and oxygen atoms in total. The maximum atomic E-state index is 5.58. The monoisotopic (exact) mass is 333 g/mol. The molecule has 124 valence electrons. The fraction of sp³-hybridized carbons (Fsp3) is 0.529. The Bertz CT molecular complexity index is 585. The maximum Gasteiger partial charge on any atom is 0.255 e. The van der Waals surface area contributed by atoms with E-state index in [9.17, 15) is 0 Å². The first-order chi connectivity index (χ1) is 11.3. The number of ether oxygens (including phenoxy) is 1. The molecule has 2 aromatic rings. The van der Waals surface area contributed by atoms with Gasteiger partial charge in [0, 0.05) is 23.8 Å². The van der Waals surface area contributed by atoms with Crippen LogP contribution in [0.1, 0.15) is 37.6 Å². The van der Waals surface area contributed by atoms with E-state index in [0.717, 1.165) is 50.7 Å². The lowest BCUT2D eigenvalue weighted by Gasteiger charge is -2.17. The second-order valence-corrected chi connectivity index (χ2v) is 6.75. The zero-order valence-corrected chi connectivity index (χ0v) is 14.3. The normalized spacial score (nSPS) is 17.9. The number of hydrogen-bond donors (Lipinski definition) is 0. The van der Waals surface area contributed by atoms with Crippen LogP contribution < -0.4 is 0 Å². The standard InChI is InChI=1S/C17H23N3O2S/c1-2-20(10-12-23-14-7-4-3-5-8-14)13-16-18-17(22-19-16)15-9-6-11-21-15/h3-5,7-8,15H,2,6,9-13H2,1H3/t15-/m0/s1. The van der Waals surface area contributed by atoms with Gasteiger partial charge in [0.15, 0.2) is 5.82 Å². The lowest BCUT2D eigenvalue weighted by atomic mass is 10.2. The number of benzene rings is 1. The Kier molecular flexibility index (Phi) is 6.07. The van der Waals surface area contributed by atoms with E-state index in [4.69, 9.17) is 9.26 Å². The van der Waals surface area contributed by atoms with Crippen LogP contribution in [-0.2, 0) is 11.3 Å². The summed E-state index contributed by atoms with van der Waals surface area (Å²) in [7, 11) is 0. The van der Waals surface area contributed by atoms with Gasteiger partial charge in [-0.3, -0.25) is 4.90 Å². The van der Waals surface area contributed by atoms with Crippen molar-refractivity contribution in [3.05, 3.63) is 42.0 Å². The van der Waals surface area contributed by atoms with Gasteiger partial charge in [-0.15, -0.1) is 11.8 Å². The van der Waals surface area contributed by atoms with E-state index >= 15 is 0 Å². The minimum Gasteiger partial charge on any atom is -0.368 e. The van der Waals surface area contributed by atoms with Gasteiger partial charge >= 0.3 is 0 Å². The summed E-state index contributed by atoms with van der Waals surface area (Å²) in [5.74, 6) is 2.43. The molecule has 0 bridgehead atoms. The van der Waals surface area contributed by atoms with E-state index < -0.39 is 0 Å². The number of thioether (sulfide) groups is 1. The molecule has 0 N–H and O–H groups in total. The van der Waals surface area contributed by atoms with Crippen molar-refractivity contribution >= 4 is 11.8 Å². The smallest absolute Gasteiger partial charge is 0.255 e. The molecule has 0 amide bonds. The van der Waals surface area contributed by atoms with Gasteiger partial charge in [-0.05, 0) is 31.5 Å². The van der Waals surface area contributed by atoms with Crippen LogP contribution in [0.2, 0.25) is 0 Å².